The number of pyridine rings is 2. The average Bonchev–Trinajstić information content (AvgIpc) is 3.43. The molecule has 5 heterocycles. The van der Waals surface area contributed by atoms with E-state index < -0.39 is 12.0 Å². The summed E-state index contributed by atoms with van der Waals surface area (Å²) in [4.78, 5) is 35.7. The van der Waals surface area contributed by atoms with Crippen molar-refractivity contribution in [1.82, 2.24) is 14.9 Å². The summed E-state index contributed by atoms with van der Waals surface area (Å²) in [6, 6.07) is 5.60. The third kappa shape index (κ3) is 4.65. The van der Waals surface area contributed by atoms with Crippen LogP contribution in [0.25, 0.3) is 0 Å². The van der Waals surface area contributed by atoms with Crippen LogP contribution in [0.5, 0.6) is 5.75 Å². The fourth-order valence-corrected chi connectivity index (χ4v) is 5.19. The van der Waals surface area contributed by atoms with Crippen molar-refractivity contribution in [3.05, 3.63) is 46.9 Å². The molecule has 1 fully saturated rings. The summed E-state index contributed by atoms with van der Waals surface area (Å²) >= 11 is 0. The average molecular weight is 451 g/mol. The Morgan fingerprint density at radius 1 is 1.33 bits per heavy atom. The highest BCUT2D eigenvalue weighted by Crippen LogP contribution is 2.35. The van der Waals surface area contributed by atoms with Crippen molar-refractivity contribution >= 4 is 17.7 Å². The van der Waals surface area contributed by atoms with Crippen LogP contribution in [0.4, 0.5) is 5.82 Å². The van der Waals surface area contributed by atoms with Crippen molar-refractivity contribution in [3.8, 4) is 5.75 Å². The molecule has 1 saturated heterocycles. The number of likely N-dealkylation sites (tertiary alicyclic amines) is 1. The normalized spacial score (nSPS) is 20.1. The highest BCUT2D eigenvalue weighted by atomic mass is 16.5. The lowest BCUT2D eigenvalue weighted by molar-refractivity contribution is -0.140. The topological polar surface area (TPSA) is 105 Å². The summed E-state index contributed by atoms with van der Waals surface area (Å²) in [6.07, 6.45) is 7.81. The van der Waals surface area contributed by atoms with E-state index in [0.717, 1.165) is 74.3 Å². The molecular formula is C25H30N4O4. The van der Waals surface area contributed by atoms with Gasteiger partial charge in [0.2, 0.25) is 5.91 Å². The molecule has 0 aliphatic carbocycles. The Morgan fingerprint density at radius 2 is 2.24 bits per heavy atom. The first-order chi connectivity index (χ1) is 16.1. The zero-order valence-corrected chi connectivity index (χ0v) is 18.8. The quantitative estimate of drug-likeness (QED) is 0.637. The molecule has 0 aromatic carbocycles. The van der Waals surface area contributed by atoms with E-state index in [4.69, 9.17) is 9.72 Å². The molecule has 3 aliphatic heterocycles. The number of carboxylic acid groups (broad SMARTS) is 1. The Labute approximate surface area is 193 Å². The van der Waals surface area contributed by atoms with Gasteiger partial charge < -0.3 is 20.1 Å². The highest BCUT2D eigenvalue weighted by Gasteiger charge is 2.37. The first-order valence-corrected chi connectivity index (χ1v) is 11.9. The number of hydrogen-bond donors (Lipinski definition) is 2. The van der Waals surface area contributed by atoms with Crippen molar-refractivity contribution in [1.29, 1.82) is 0 Å². The minimum absolute atomic E-state index is 0.0442. The van der Waals surface area contributed by atoms with E-state index in [0.29, 0.717) is 18.9 Å². The van der Waals surface area contributed by atoms with Crippen LogP contribution >= 0.6 is 0 Å². The second-order valence-corrected chi connectivity index (χ2v) is 9.18. The van der Waals surface area contributed by atoms with Gasteiger partial charge in [0.1, 0.15) is 11.6 Å². The third-order valence-electron chi connectivity index (χ3n) is 6.97. The number of carbonyl (C=O) groups excluding carboxylic acids is 1. The number of fused-ring (bicyclic) bond motifs is 2. The molecule has 3 aliphatic rings. The Morgan fingerprint density at radius 3 is 3.12 bits per heavy atom. The van der Waals surface area contributed by atoms with E-state index in [1.807, 2.05) is 6.07 Å². The van der Waals surface area contributed by atoms with Crippen LogP contribution in [0.15, 0.2) is 24.4 Å². The fraction of sp³-hybridized carbons (Fsp3) is 0.520. The maximum atomic E-state index is 13.2. The molecule has 174 valence electrons. The monoisotopic (exact) mass is 450 g/mol. The number of anilines is 1. The number of aromatic nitrogens is 2. The van der Waals surface area contributed by atoms with Crippen LogP contribution in [0.2, 0.25) is 0 Å². The van der Waals surface area contributed by atoms with Gasteiger partial charge in [-0.25, -0.2) is 4.98 Å². The molecule has 2 atom stereocenters. The van der Waals surface area contributed by atoms with Gasteiger partial charge in [-0.3, -0.25) is 14.6 Å². The Hall–Kier alpha value is -3.16. The maximum absolute atomic E-state index is 13.2. The van der Waals surface area contributed by atoms with Crippen molar-refractivity contribution in [2.24, 2.45) is 5.92 Å². The van der Waals surface area contributed by atoms with Crippen molar-refractivity contribution < 1.29 is 19.4 Å². The molecule has 33 heavy (non-hydrogen) atoms. The van der Waals surface area contributed by atoms with Gasteiger partial charge in [-0.2, -0.15) is 0 Å². The van der Waals surface area contributed by atoms with Gasteiger partial charge in [0.15, 0.2) is 0 Å². The first kappa shape index (κ1) is 21.7. The van der Waals surface area contributed by atoms with E-state index in [9.17, 15) is 14.7 Å². The maximum Gasteiger partial charge on any atom is 0.305 e. The minimum Gasteiger partial charge on any atom is -0.491 e. The predicted octanol–water partition coefficient (Wildman–Crippen LogP) is 3.16. The molecule has 2 unspecified atom stereocenters. The van der Waals surface area contributed by atoms with Crippen LogP contribution in [0, 0.1) is 5.92 Å². The smallest absolute Gasteiger partial charge is 0.305 e. The van der Waals surface area contributed by atoms with Crippen LogP contribution in [0.3, 0.4) is 0 Å². The standard InChI is InChI=1S/C25H30N4O4/c30-23(31)14-21(18-13-22-20(27-15-18)9-12-33-22)29-11-8-17(25(29)32)3-1-5-19-7-6-16-4-2-10-26-24(16)28-19/h6-7,13,15,17,21H,1-5,8-12,14H2,(H,26,28)(H,30,31). The fourth-order valence-electron chi connectivity index (χ4n) is 5.19. The van der Waals surface area contributed by atoms with E-state index in [-0.39, 0.29) is 18.2 Å². The molecule has 0 saturated carbocycles. The van der Waals surface area contributed by atoms with Gasteiger partial charge in [0.25, 0.3) is 0 Å². The summed E-state index contributed by atoms with van der Waals surface area (Å²) in [5, 5.41) is 12.9. The molecule has 0 radical (unpaired) electrons. The third-order valence-corrected chi connectivity index (χ3v) is 6.97. The van der Waals surface area contributed by atoms with E-state index in [1.54, 1.807) is 11.1 Å². The minimum atomic E-state index is -0.926. The summed E-state index contributed by atoms with van der Waals surface area (Å²) in [5.74, 6) is 0.756. The van der Waals surface area contributed by atoms with Gasteiger partial charge in [0, 0.05) is 37.3 Å². The van der Waals surface area contributed by atoms with Crippen molar-refractivity contribution in [3.63, 3.8) is 0 Å². The first-order valence-electron chi connectivity index (χ1n) is 11.9. The summed E-state index contributed by atoms with van der Waals surface area (Å²) in [7, 11) is 0. The number of aliphatic carboxylic acids is 1. The molecule has 1 amide bonds. The molecule has 2 N–H and O–H groups in total. The van der Waals surface area contributed by atoms with Crippen molar-refractivity contribution in [2.45, 2.75) is 57.4 Å². The molecule has 8 heteroatoms. The number of rotatable bonds is 8. The van der Waals surface area contributed by atoms with Crippen LogP contribution < -0.4 is 10.1 Å². The summed E-state index contributed by atoms with van der Waals surface area (Å²) < 4.78 is 5.61. The van der Waals surface area contributed by atoms with E-state index >= 15 is 0 Å². The van der Waals surface area contributed by atoms with E-state index in [1.165, 1.54) is 5.56 Å². The SMILES string of the molecule is O=C(O)CC(c1cnc2c(c1)OCC2)N1CCC(CCCc2ccc3c(n2)NCCC3)C1=O. The number of nitrogens with one attached hydrogen (secondary N) is 1. The number of aryl methyl sites for hydroxylation is 2. The van der Waals surface area contributed by atoms with Crippen LogP contribution in [0.1, 0.15) is 60.7 Å². The zero-order chi connectivity index (χ0) is 22.8. The van der Waals surface area contributed by atoms with Gasteiger partial charge in [-0.05, 0) is 61.8 Å². The second kappa shape index (κ2) is 9.37. The molecule has 5 rings (SSSR count). The lowest BCUT2D eigenvalue weighted by atomic mass is 9.98. The Bertz CT molecular complexity index is 1060. The van der Waals surface area contributed by atoms with Crippen LogP contribution in [-0.4, -0.2) is 51.5 Å². The summed E-state index contributed by atoms with van der Waals surface area (Å²) in [5.41, 5.74) is 3.96. The molecular weight excluding hydrogens is 420 g/mol. The van der Waals surface area contributed by atoms with Crippen molar-refractivity contribution in [2.75, 3.05) is 25.0 Å². The number of carbonyl (C=O) groups is 2. The molecule has 2 aromatic heterocycles. The molecule has 0 spiro atoms. The molecule has 8 nitrogen and oxygen atoms in total. The number of hydrogen-bond acceptors (Lipinski definition) is 6. The number of nitrogens with zero attached hydrogens (tertiary/aromatic N) is 3. The lowest BCUT2D eigenvalue weighted by Gasteiger charge is -2.27. The number of ether oxygens (including phenoxy) is 1. The van der Waals surface area contributed by atoms with Crippen LogP contribution in [-0.2, 0) is 28.9 Å². The lowest BCUT2D eigenvalue weighted by Crippen LogP contribution is -2.33. The Balaban J connectivity index is 1.22. The summed E-state index contributed by atoms with van der Waals surface area (Å²) in [6.45, 7) is 2.13. The molecule has 2 aromatic rings. The Kier molecular flexibility index (Phi) is 6.15. The second-order valence-electron chi connectivity index (χ2n) is 9.18. The number of amides is 1. The predicted molar refractivity (Wildman–Crippen MR) is 122 cm³/mol. The van der Waals surface area contributed by atoms with Gasteiger partial charge >= 0.3 is 5.97 Å². The highest BCUT2D eigenvalue weighted by molar-refractivity contribution is 5.82. The van der Waals surface area contributed by atoms with Gasteiger partial charge in [0.05, 0.1) is 24.8 Å². The van der Waals surface area contributed by atoms with E-state index in [2.05, 4.69) is 22.4 Å². The largest absolute Gasteiger partial charge is 0.491 e. The van der Waals surface area contributed by atoms with Gasteiger partial charge in [-0.15, -0.1) is 0 Å². The zero-order valence-electron chi connectivity index (χ0n) is 18.8. The molecule has 0 bridgehead atoms. The van der Waals surface area contributed by atoms with Gasteiger partial charge in [-0.1, -0.05) is 6.07 Å². The number of carboxylic acids is 1.